The molecule has 2 amide bonds. The first-order chi connectivity index (χ1) is 19.1. The summed E-state index contributed by atoms with van der Waals surface area (Å²) in [6, 6.07) is 7.87. The molecule has 4 heterocycles. The predicted molar refractivity (Wildman–Crippen MR) is 177 cm³/mol. The maximum absolute atomic E-state index is 12.0. The zero-order chi connectivity index (χ0) is 30.6. The second-order valence-electron chi connectivity index (χ2n) is 11.3. The van der Waals surface area contributed by atoms with E-state index in [4.69, 9.17) is 9.47 Å². The van der Waals surface area contributed by atoms with Crippen molar-refractivity contribution in [2.75, 3.05) is 57.3 Å². The van der Waals surface area contributed by atoms with E-state index in [1.807, 2.05) is 78.2 Å². The Hall–Kier alpha value is -1.71. The Balaban J connectivity index is 0.000000239. The van der Waals surface area contributed by atoms with Gasteiger partial charge in [-0.05, 0) is 120 Å². The average molecular weight is 812 g/mol. The highest BCUT2D eigenvalue weighted by atomic mass is 127. The minimum atomic E-state index is -0.441. The molecular formula is C28H41Br2IN6O4. The molecule has 2 aromatic heterocycles. The zero-order valence-electron chi connectivity index (χ0n) is 24.6. The van der Waals surface area contributed by atoms with Crippen LogP contribution >= 0.6 is 54.5 Å². The lowest BCUT2D eigenvalue weighted by atomic mass is 10.2. The fourth-order valence-corrected chi connectivity index (χ4v) is 4.35. The Morgan fingerprint density at radius 3 is 1.61 bits per heavy atom. The summed E-state index contributed by atoms with van der Waals surface area (Å²) in [5.41, 5.74) is 0.253. The summed E-state index contributed by atoms with van der Waals surface area (Å²) in [6.07, 6.45) is 3.22. The number of aromatic nitrogens is 2. The van der Waals surface area contributed by atoms with E-state index in [9.17, 15) is 9.59 Å². The van der Waals surface area contributed by atoms with Crippen LogP contribution in [0.3, 0.4) is 0 Å². The first kappa shape index (κ1) is 35.5. The summed E-state index contributed by atoms with van der Waals surface area (Å²) >= 11 is 8.77. The van der Waals surface area contributed by atoms with E-state index in [1.165, 1.54) is 0 Å². The van der Waals surface area contributed by atoms with Crippen molar-refractivity contribution < 1.29 is 19.1 Å². The van der Waals surface area contributed by atoms with Crippen molar-refractivity contribution in [1.82, 2.24) is 25.1 Å². The molecule has 10 nitrogen and oxygen atoms in total. The maximum Gasteiger partial charge on any atom is 0.410 e. The van der Waals surface area contributed by atoms with Crippen molar-refractivity contribution >= 4 is 72.3 Å². The molecule has 2 aliphatic rings. The van der Waals surface area contributed by atoms with Gasteiger partial charge in [-0.15, -0.1) is 0 Å². The maximum atomic E-state index is 12.0. The van der Waals surface area contributed by atoms with Gasteiger partial charge in [0.1, 0.15) is 20.4 Å². The van der Waals surface area contributed by atoms with Gasteiger partial charge >= 0.3 is 12.2 Å². The van der Waals surface area contributed by atoms with Crippen LogP contribution in [0.25, 0.3) is 0 Å². The number of ether oxygens (including phenoxy) is 2. The van der Waals surface area contributed by atoms with Gasteiger partial charge in [0.05, 0.1) is 11.9 Å². The Morgan fingerprint density at radius 1 is 0.756 bits per heavy atom. The summed E-state index contributed by atoms with van der Waals surface area (Å²) in [5, 5.41) is 3.18. The molecule has 0 spiro atoms. The third-order valence-corrected chi connectivity index (χ3v) is 7.04. The van der Waals surface area contributed by atoms with Crippen LogP contribution in [0.1, 0.15) is 41.5 Å². The Bertz CT molecular complexity index is 1060. The largest absolute Gasteiger partial charge is 0.444 e. The molecule has 2 aromatic rings. The second kappa shape index (κ2) is 16.8. The van der Waals surface area contributed by atoms with Crippen LogP contribution < -0.4 is 10.2 Å². The minimum Gasteiger partial charge on any atom is -0.444 e. The number of pyridine rings is 2. The lowest BCUT2D eigenvalue weighted by molar-refractivity contribution is 0.0223. The summed E-state index contributed by atoms with van der Waals surface area (Å²) in [5.74, 6) is 0. The number of piperazine rings is 2. The molecule has 0 unspecified atom stereocenters. The number of nitrogens with zero attached hydrogens (tertiary/aromatic N) is 5. The summed E-state index contributed by atoms with van der Waals surface area (Å²) in [4.78, 5) is 37.4. The van der Waals surface area contributed by atoms with Crippen LogP contribution in [0.2, 0.25) is 0 Å². The third-order valence-electron chi connectivity index (χ3n) is 5.47. The van der Waals surface area contributed by atoms with E-state index in [-0.39, 0.29) is 17.8 Å². The lowest BCUT2D eigenvalue weighted by Gasteiger charge is -2.36. The second-order valence-corrected chi connectivity index (χ2v) is 14.2. The number of carbonyl (C=O) groups excluding carboxylic acids is 2. The number of carbonyl (C=O) groups is 2. The van der Waals surface area contributed by atoms with Gasteiger partial charge < -0.3 is 29.5 Å². The lowest BCUT2D eigenvalue weighted by Crippen LogP contribution is -2.50. The van der Waals surface area contributed by atoms with E-state index in [1.54, 1.807) is 9.80 Å². The predicted octanol–water partition coefficient (Wildman–Crippen LogP) is 6.18. The fourth-order valence-electron chi connectivity index (χ4n) is 3.56. The van der Waals surface area contributed by atoms with Crippen LogP contribution in [0.5, 0.6) is 0 Å². The number of anilines is 1. The molecule has 2 fully saturated rings. The highest BCUT2D eigenvalue weighted by molar-refractivity contribution is 14.1. The molecule has 0 saturated carbocycles. The number of rotatable bonds is 1. The number of hydrogen-bond acceptors (Lipinski definition) is 8. The van der Waals surface area contributed by atoms with Crippen LogP contribution in [-0.2, 0) is 9.47 Å². The molecule has 0 bridgehead atoms. The molecule has 0 atom stereocenters. The first-order valence-electron chi connectivity index (χ1n) is 13.4. The van der Waals surface area contributed by atoms with Gasteiger partial charge in [-0.25, -0.2) is 19.6 Å². The quantitative estimate of drug-likeness (QED) is 0.270. The van der Waals surface area contributed by atoms with Crippen molar-refractivity contribution in [3.05, 3.63) is 49.4 Å². The van der Waals surface area contributed by atoms with Crippen molar-refractivity contribution in [3.8, 4) is 0 Å². The van der Waals surface area contributed by atoms with Gasteiger partial charge in [-0.2, -0.15) is 0 Å². The molecule has 0 aliphatic carbocycles. The Kier molecular flexibility index (Phi) is 14.5. The minimum absolute atomic E-state index is 0.200. The number of halogens is 3. The average Bonchev–Trinajstić information content (AvgIpc) is 2.90. The molecule has 1 N–H and O–H groups in total. The molecule has 2 saturated heterocycles. The SMILES string of the molecule is Brc1ccc(I)cn1.CC(C)(C)OC(=O)N1CCN(c2ccc(Br)nc2)CC1.CC(C)(C)OC(=O)N1CCNCC1. The number of hydrogen-bond donors (Lipinski definition) is 1. The van der Waals surface area contributed by atoms with Gasteiger partial charge in [-0.1, -0.05) is 0 Å². The van der Waals surface area contributed by atoms with Gasteiger partial charge in [0, 0.05) is 62.1 Å². The van der Waals surface area contributed by atoms with Crippen molar-refractivity contribution in [1.29, 1.82) is 0 Å². The number of nitrogens with one attached hydrogen (secondary N) is 1. The first-order valence-corrected chi connectivity index (χ1v) is 16.1. The third kappa shape index (κ3) is 14.8. The summed E-state index contributed by atoms with van der Waals surface area (Å²) < 4.78 is 13.5. The van der Waals surface area contributed by atoms with Crippen LogP contribution in [0, 0.1) is 3.57 Å². The highest BCUT2D eigenvalue weighted by Gasteiger charge is 2.26. The van der Waals surface area contributed by atoms with Gasteiger partial charge in [0.25, 0.3) is 0 Å². The molecule has 0 radical (unpaired) electrons. The topological polar surface area (TPSA) is 100 Å². The van der Waals surface area contributed by atoms with Crippen molar-refractivity contribution in [2.45, 2.75) is 52.7 Å². The molecular weight excluding hydrogens is 771 g/mol. The molecule has 0 aromatic carbocycles. The summed E-state index contributed by atoms with van der Waals surface area (Å²) in [7, 11) is 0. The van der Waals surface area contributed by atoms with Crippen LogP contribution in [0.4, 0.5) is 15.3 Å². The van der Waals surface area contributed by atoms with Crippen LogP contribution in [0.15, 0.2) is 45.9 Å². The zero-order valence-corrected chi connectivity index (χ0v) is 30.0. The molecule has 41 heavy (non-hydrogen) atoms. The van der Waals surface area contributed by atoms with Crippen molar-refractivity contribution in [3.63, 3.8) is 0 Å². The smallest absolute Gasteiger partial charge is 0.410 e. The van der Waals surface area contributed by atoms with Crippen LogP contribution in [-0.4, -0.2) is 95.5 Å². The fraction of sp³-hybridized carbons (Fsp3) is 0.571. The number of amides is 2. The van der Waals surface area contributed by atoms with E-state index in [2.05, 4.69) is 74.6 Å². The van der Waals surface area contributed by atoms with Gasteiger partial charge in [-0.3, -0.25) is 0 Å². The van der Waals surface area contributed by atoms with E-state index in [0.29, 0.717) is 13.1 Å². The molecule has 228 valence electrons. The Labute approximate surface area is 274 Å². The normalized spacial score (nSPS) is 15.6. The molecule has 2 aliphatic heterocycles. The molecule has 13 heteroatoms. The van der Waals surface area contributed by atoms with E-state index < -0.39 is 5.60 Å². The Morgan fingerprint density at radius 2 is 1.22 bits per heavy atom. The van der Waals surface area contributed by atoms with Crippen molar-refractivity contribution in [2.24, 2.45) is 0 Å². The summed E-state index contributed by atoms with van der Waals surface area (Å²) in [6.45, 7) is 17.4. The molecule has 4 rings (SSSR count). The van der Waals surface area contributed by atoms with Gasteiger partial charge in [0.15, 0.2) is 0 Å². The van der Waals surface area contributed by atoms with E-state index in [0.717, 1.165) is 57.7 Å². The standard InChI is InChI=1S/C14H20BrN3O2.C9H18N2O2.C5H3BrIN/c1-14(2,3)20-13(19)18-8-6-17(7-9-18)11-4-5-12(15)16-10-11;1-9(2,3)13-8(12)11-6-4-10-5-7-11;6-5-2-1-4(7)3-8-5/h4-5,10H,6-9H2,1-3H3;10H,4-7H2,1-3H3;1-3H. The monoisotopic (exact) mass is 810 g/mol. The highest BCUT2D eigenvalue weighted by Crippen LogP contribution is 2.19. The van der Waals surface area contributed by atoms with Gasteiger partial charge in [0.2, 0.25) is 0 Å². The van der Waals surface area contributed by atoms with E-state index >= 15 is 0 Å².